The van der Waals surface area contributed by atoms with E-state index in [1.165, 1.54) is 0 Å². The first-order valence-electron chi connectivity index (χ1n) is 6.97. The van der Waals surface area contributed by atoms with E-state index in [-0.39, 0.29) is 25.3 Å². The van der Waals surface area contributed by atoms with Crippen LogP contribution < -0.4 is 5.32 Å². The standard InChI is InChI=1S/C13H21F3N2O/c1-9-3-2-6-18(8-9)12(19)11-5-4-10(7-17-11)13(14,15)16/h9-11,17H,2-8H2,1H3. The SMILES string of the molecule is CC1CCCN(C(=O)C2CCC(C(F)(F)F)CN2)C1. The van der Waals surface area contributed by atoms with Crippen molar-refractivity contribution in [3.8, 4) is 0 Å². The summed E-state index contributed by atoms with van der Waals surface area (Å²) in [6.45, 7) is 3.44. The molecule has 3 unspecified atom stereocenters. The van der Waals surface area contributed by atoms with Gasteiger partial charge in [0, 0.05) is 19.6 Å². The zero-order valence-electron chi connectivity index (χ0n) is 11.2. The molecule has 19 heavy (non-hydrogen) atoms. The molecule has 2 aliphatic rings. The van der Waals surface area contributed by atoms with Crippen molar-refractivity contribution in [2.45, 2.75) is 44.8 Å². The average molecular weight is 278 g/mol. The molecular formula is C13H21F3N2O. The number of rotatable bonds is 1. The number of carbonyl (C=O) groups is 1. The van der Waals surface area contributed by atoms with E-state index in [0.29, 0.717) is 5.92 Å². The predicted molar refractivity (Wildman–Crippen MR) is 65.5 cm³/mol. The van der Waals surface area contributed by atoms with Crippen molar-refractivity contribution < 1.29 is 18.0 Å². The smallest absolute Gasteiger partial charge is 0.341 e. The molecule has 110 valence electrons. The summed E-state index contributed by atoms with van der Waals surface area (Å²) >= 11 is 0. The highest BCUT2D eigenvalue weighted by Crippen LogP contribution is 2.32. The van der Waals surface area contributed by atoms with E-state index in [9.17, 15) is 18.0 Å². The Bertz CT molecular complexity index is 324. The van der Waals surface area contributed by atoms with E-state index in [0.717, 1.165) is 25.9 Å². The molecular weight excluding hydrogens is 257 g/mol. The molecule has 3 nitrogen and oxygen atoms in total. The van der Waals surface area contributed by atoms with Crippen LogP contribution in [-0.2, 0) is 4.79 Å². The van der Waals surface area contributed by atoms with Crippen LogP contribution in [0.15, 0.2) is 0 Å². The van der Waals surface area contributed by atoms with Gasteiger partial charge in [0.25, 0.3) is 0 Å². The second kappa shape index (κ2) is 5.69. The van der Waals surface area contributed by atoms with Gasteiger partial charge in [0.1, 0.15) is 0 Å². The summed E-state index contributed by atoms with van der Waals surface area (Å²) in [6.07, 6.45) is -1.70. The minimum atomic E-state index is -4.15. The molecule has 2 aliphatic heterocycles. The molecule has 0 aromatic carbocycles. The van der Waals surface area contributed by atoms with Crippen LogP contribution in [0.2, 0.25) is 0 Å². The molecule has 2 heterocycles. The van der Waals surface area contributed by atoms with Crippen molar-refractivity contribution >= 4 is 5.91 Å². The normalized spacial score (nSPS) is 33.3. The quantitative estimate of drug-likeness (QED) is 0.797. The van der Waals surface area contributed by atoms with Gasteiger partial charge in [0.15, 0.2) is 0 Å². The molecule has 0 aromatic rings. The Morgan fingerprint density at radius 3 is 2.53 bits per heavy atom. The van der Waals surface area contributed by atoms with Gasteiger partial charge in [-0.25, -0.2) is 0 Å². The Morgan fingerprint density at radius 2 is 2.00 bits per heavy atom. The van der Waals surface area contributed by atoms with Gasteiger partial charge in [-0.1, -0.05) is 6.92 Å². The summed E-state index contributed by atoms with van der Waals surface area (Å²) in [4.78, 5) is 14.0. The Morgan fingerprint density at radius 1 is 1.26 bits per heavy atom. The van der Waals surface area contributed by atoms with Gasteiger partial charge in [-0.15, -0.1) is 0 Å². The Balaban J connectivity index is 1.85. The number of carbonyl (C=O) groups excluding carboxylic acids is 1. The highest BCUT2D eigenvalue weighted by atomic mass is 19.4. The van der Waals surface area contributed by atoms with Crippen LogP contribution in [0.3, 0.4) is 0 Å². The molecule has 1 N–H and O–H groups in total. The van der Waals surface area contributed by atoms with Gasteiger partial charge >= 0.3 is 6.18 Å². The summed E-state index contributed by atoms with van der Waals surface area (Å²) in [5, 5.41) is 2.78. The van der Waals surface area contributed by atoms with Crippen molar-refractivity contribution in [2.75, 3.05) is 19.6 Å². The highest BCUT2D eigenvalue weighted by molar-refractivity contribution is 5.82. The lowest BCUT2D eigenvalue weighted by Gasteiger charge is -2.36. The lowest BCUT2D eigenvalue weighted by molar-refractivity contribution is -0.180. The molecule has 0 radical (unpaired) electrons. The summed E-state index contributed by atoms with van der Waals surface area (Å²) in [5.41, 5.74) is 0. The number of amides is 1. The molecule has 2 rings (SSSR count). The summed E-state index contributed by atoms with van der Waals surface area (Å²) in [7, 11) is 0. The zero-order chi connectivity index (χ0) is 14.0. The maximum Gasteiger partial charge on any atom is 0.393 e. The Kier molecular flexibility index (Phi) is 4.38. The van der Waals surface area contributed by atoms with Gasteiger partial charge in [-0.3, -0.25) is 4.79 Å². The number of likely N-dealkylation sites (tertiary alicyclic amines) is 1. The van der Waals surface area contributed by atoms with Crippen LogP contribution in [0.1, 0.15) is 32.6 Å². The molecule has 2 saturated heterocycles. The number of halogens is 3. The second-order valence-corrected chi connectivity index (χ2v) is 5.81. The fourth-order valence-electron chi connectivity index (χ4n) is 2.96. The molecule has 3 atom stereocenters. The van der Waals surface area contributed by atoms with Crippen molar-refractivity contribution in [1.29, 1.82) is 0 Å². The lowest BCUT2D eigenvalue weighted by Crippen LogP contribution is -2.54. The number of hydrogen-bond acceptors (Lipinski definition) is 2. The van der Waals surface area contributed by atoms with E-state index in [2.05, 4.69) is 12.2 Å². The van der Waals surface area contributed by atoms with Crippen LogP contribution >= 0.6 is 0 Å². The third-order valence-electron chi connectivity index (χ3n) is 4.14. The molecule has 0 bridgehead atoms. The van der Waals surface area contributed by atoms with Crippen LogP contribution in [0.4, 0.5) is 13.2 Å². The third kappa shape index (κ3) is 3.61. The third-order valence-corrected chi connectivity index (χ3v) is 4.14. The first-order valence-corrected chi connectivity index (χ1v) is 6.97. The van der Waals surface area contributed by atoms with Gasteiger partial charge < -0.3 is 10.2 Å². The number of piperidine rings is 2. The minimum Gasteiger partial charge on any atom is -0.341 e. The largest absolute Gasteiger partial charge is 0.393 e. The first-order chi connectivity index (χ1) is 8.88. The summed E-state index contributed by atoms with van der Waals surface area (Å²) in [5.74, 6) is -0.840. The number of hydrogen-bond donors (Lipinski definition) is 1. The van der Waals surface area contributed by atoms with Crippen molar-refractivity contribution in [2.24, 2.45) is 11.8 Å². The predicted octanol–water partition coefficient (Wildman–Crippen LogP) is 2.18. The van der Waals surface area contributed by atoms with Gasteiger partial charge in [-0.2, -0.15) is 13.2 Å². The van der Waals surface area contributed by atoms with E-state index in [4.69, 9.17) is 0 Å². The molecule has 0 aromatic heterocycles. The molecule has 0 aliphatic carbocycles. The zero-order valence-corrected chi connectivity index (χ0v) is 11.2. The highest BCUT2D eigenvalue weighted by Gasteiger charge is 2.43. The molecule has 0 spiro atoms. The van der Waals surface area contributed by atoms with Crippen LogP contribution in [-0.4, -0.2) is 42.7 Å². The van der Waals surface area contributed by atoms with Gasteiger partial charge in [-0.05, 0) is 31.6 Å². The maximum atomic E-state index is 12.5. The number of nitrogens with zero attached hydrogens (tertiary/aromatic N) is 1. The van der Waals surface area contributed by atoms with E-state index in [1.807, 2.05) is 0 Å². The van der Waals surface area contributed by atoms with Crippen LogP contribution in [0.5, 0.6) is 0 Å². The fraction of sp³-hybridized carbons (Fsp3) is 0.923. The number of alkyl halides is 3. The average Bonchev–Trinajstić information content (AvgIpc) is 2.37. The fourth-order valence-corrected chi connectivity index (χ4v) is 2.96. The van der Waals surface area contributed by atoms with Crippen molar-refractivity contribution in [3.05, 3.63) is 0 Å². The maximum absolute atomic E-state index is 12.5. The van der Waals surface area contributed by atoms with E-state index < -0.39 is 18.1 Å². The van der Waals surface area contributed by atoms with Crippen molar-refractivity contribution in [1.82, 2.24) is 10.2 Å². The van der Waals surface area contributed by atoms with Gasteiger partial charge in [0.2, 0.25) is 5.91 Å². The van der Waals surface area contributed by atoms with E-state index in [1.54, 1.807) is 4.90 Å². The Hall–Kier alpha value is -0.780. The first kappa shape index (κ1) is 14.6. The molecule has 1 amide bonds. The van der Waals surface area contributed by atoms with Crippen molar-refractivity contribution in [3.63, 3.8) is 0 Å². The lowest BCUT2D eigenvalue weighted by atomic mass is 9.92. The topological polar surface area (TPSA) is 32.3 Å². The van der Waals surface area contributed by atoms with Crippen LogP contribution in [0.25, 0.3) is 0 Å². The summed E-state index contributed by atoms with van der Waals surface area (Å²) in [6, 6.07) is -0.427. The Labute approximate surface area is 111 Å². The summed E-state index contributed by atoms with van der Waals surface area (Å²) < 4.78 is 37.6. The number of nitrogens with one attached hydrogen (secondary N) is 1. The van der Waals surface area contributed by atoms with Gasteiger partial charge in [0.05, 0.1) is 12.0 Å². The van der Waals surface area contributed by atoms with E-state index >= 15 is 0 Å². The molecule has 0 saturated carbocycles. The van der Waals surface area contributed by atoms with Crippen LogP contribution in [0, 0.1) is 11.8 Å². The molecule has 2 fully saturated rings. The minimum absolute atomic E-state index is 0.0211. The monoisotopic (exact) mass is 278 g/mol. The molecule has 6 heteroatoms. The second-order valence-electron chi connectivity index (χ2n) is 5.81.